The van der Waals surface area contributed by atoms with E-state index in [0.29, 0.717) is 27.2 Å². The predicted molar refractivity (Wildman–Crippen MR) is 125 cm³/mol. The Balaban J connectivity index is 1.39. The fourth-order valence-electron chi connectivity index (χ4n) is 2.88. The third-order valence-corrected chi connectivity index (χ3v) is 6.01. The third-order valence-electron chi connectivity index (χ3n) is 4.38. The maximum Gasteiger partial charge on any atom is 0.266 e. The Morgan fingerprint density at radius 1 is 1.07 bits per heavy atom. The van der Waals surface area contributed by atoms with Gasteiger partial charge in [-0.15, -0.1) is 0 Å². The fourth-order valence-corrected chi connectivity index (χ4v) is 4.32. The summed E-state index contributed by atoms with van der Waals surface area (Å²) in [6.45, 7) is 0.579. The number of halogens is 1. The molecule has 0 atom stereocenters. The topological polar surface area (TPSA) is 49.4 Å². The van der Waals surface area contributed by atoms with Crippen LogP contribution in [0.4, 0.5) is 5.69 Å². The zero-order chi connectivity index (χ0) is 20.6. The highest BCUT2D eigenvalue weighted by Gasteiger charge is 2.31. The summed E-state index contributed by atoms with van der Waals surface area (Å²) in [6.07, 6.45) is 4.73. The molecule has 150 valence electrons. The molecule has 29 heavy (non-hydrogen) atoms. The van der Waals surface area contributed by atoms with Crippen molar-refractivity contribution in [3.8, 4) is 0 Å². The summed E-state index contributed by atoms with van der Waals surface area (Å²) >= 11 is 12.5. The van der Waals surface area contributed by atoms with Gasteiger partial charge in [-0.3, -0.25) is 14.5 Å². The molecule has 0 unspecified atom stereocenters. The molecule has 4 nitrogen and oxygen atoms in total. The number of thioether (sulfide) groups is 1. The average Bonchev–Trinajstić information content (AvgIpc) is 2.97. The van der Waals surface area contributed by atoms with E-state index >= 15 is 0 Å². The molecule has 1 N–H and O–H groups in total. The van der Waals surface area contributed by atoms with Gasteiger partial charge in [-0.05, 0) is 48.7 Å². The maximum atomic E-state index is 12.6. The van der Waals surface area contributed by atoms with Crippen molar-refractivity contribution in [2.24, 2.45) is 0 Å². The predicted octanol–water partition coefficient (Wildman–Crippen LogP) is 5.74. The monoisotopic (exact) mass is 444 g/mol. The van der Waals surface area contributed by atoms with Gasteiger partial charge in [0.2, 0.25) is 5.91 Å². The van der Waals surface area contributed by atoms with Crippen molar-refractivity contribution >= 4 is 63.5 Å². The number of carbonyl (C=O) groups excluding carboxylic acids is 2. The first-order valence-corrected chi connectivity index (χ1v) is 11.0. The molecule has 2 aromatic rings. The van der Waals surface area contributed by atoms with Crippen molar-refractivity contribution in [3.63, 3.8) is 0 Å². The van der Waals surface area contributed by atoms with Crippen LogP contribution in [-0.4, -0.2) is 27.6 Å². The Bertz CT molecular complexity index is 914. The molecule has 2 amide bonds. The lowest BCUT2D eigenvalue weighted by Crippen LogP contribution is -2.29. The molecule has 0 saturated carbocycles. The molecule has 1 heterocycles. The first kappa shape index (κ1) is 21.6. The second-order valence-electron chi connectivity index (χ2n) is 6.61. The molecule has 1 fully saturated rings. The van der Waals surface area contributed by atoms with Crippen molar-refractivity contribution in [1.82, 2.24) is 4.90 Å². The number of hydrogen-bond donors (Lipinski definition) is 1. The van der Waals surface area contributed by atoms with E-state index < -0.39 is 0 Å². The smallest absolute Gasteiger partial charge is 0.266 e. The van der Waals surface area contributed by atoms with E-state index in [1.54, 1.807) is 29.2 Å². The molecule has 7 heteroatoms. The Labute approximate surface area is 185 Å². The molecule has 3 rings (SSSR count). The summed E-state index contributed by atoms with van der Waals surface area (Å²) in [6, 6.07) is 16.8. The lowest BCUT2D eigenvalue weighted by molar-refractivity contribution is -0.122. The molecule has 0 radical (unpaired) electrons. The molecule has 0 bridgehead atoms. The van der Waals surface area contributed by atoms with Gasteiger partial charge in [0.15, 0.2) is 0 Å². The van der Waals surface area contributed by atoms with Crippen LogP contribution in [0.25, 0.3) is 6.08 Å². The van der Waals surface area contributed by atoms with Crippen LogP contribution < -0.4 is 5.32 Å². The van der Waals surface area contributed by atoms with Crippen LogP contribution in [0.15, 0.2) is 59.5 Å². The number of nitrogens with zero attached hydrogens (tertiary/aromatic N) is 1. The number of nitrogens with one attached hydrogen (secondary N) is 1. The summed E-state index contributed by atoms with van der Waals surface area (Å²) in [5.74, 6) is -0.0620. The van der Waals surface area contributed by atoms with Crippen molar-refractivity contribution in [2.75, 3.05) is 11.9 Å². The van der Waals surface area contributed by atoms with E-state index in [2.05, 4.69) is 5.32 Å². The average molecular weight is 445 g/mol. The molecule has 0 aromatic heterocycles. The van der Waals surface area contributed by atoms with Gasteiger partial charge in [0.1, 0.15) is 4.32 Å². The number of amides is 2. The van der Waals surface area contributed by atoms with Crippen LogP contribution in [0, 0.1) is 0 Å². The Morgan fingerprint density at radius 3 is 2.52 bits per heavy atom. The second kappa shape index (κ2) is 10.6. The number of thiocarbonyl (C=S) groups is 1. The highest BCUT2D eigenvalue weighted by atomic mass is 35.5. The van der Waals surface area contributed by atoms with Gasteiger partial charge in [0.05, 0.1) is 4.91 Å². The minimum absolute atomic E-state index is 0.0243. The van der Waals surface area contributed by atoms with E-state index in [4.69, 9.17) is 23.8 Å². The number of carbonyl (C=O) groups is 2. The van der Waals surface area contributed by atoms with Gasteiger partial charge in [0.25, 0.3) is 5.91 Å². The molecular weight excluding hydrogens is 424 g/mol. The lowest BCUT2D eigenvalue weighted by atomic mass is 10.1. The van der Waals surface area contributed by atoms with Gasteiger partial charge in [-0.2, -0.15) is 0 Å². The highest BCUT2D eigenvalue weighted by Crippen LogP contribution is 2.32. The Kier molecular flexibility index (Phi) is 7.86. The Hall–Kier alpha value is -2.15. The molecular formula is C22H21ClN2O2S2. The molecule has 2 aromatic carbocycles. The van der Waals surface area contributed by atoms with Crippen molar-refractivity contribution in [3.05, 3.63) is 70.1 Å². The zero-order valence-electron chi connectivity index (χ0n) is 15.8. The first-order valence-electron chi connectivity index (χ1n) is 9.39. The van der Waals surface area contributed by atoms with Crippen molar-refractivity contribution in [2.45, 2.75) is 25.7 Å². The molecule has 1 aliphatic heterocycles. The van der Waals surface area contributed by atoms with Gasteiger partial charge in [-0.25, -0.2) is 0 Å². The second-order valence-corrected chi connectivity index (χ2v) is 8.72. The number of rotatable bonds is 8. The normalized spacial score (nSPS) is 15.2. The van der Waals surface area contributed by atoms with Gasteiger partial charge >= 0.3 is 0 Å². The third kappa shape index (κ3) is 6.42. The van der Waals surface area contributed by atoms with Crippen molar-refractivity contribution < 1.29 is 9.59 Å². The number of benzene rings is 2. The summed E-state index contributed by atoms with van der Waals surface area (Å²) in [4.78, 5) is 26.9. The fraction of sp³-hybridized carbons (Fsp3) is 0.227. The van der Waals surface area contributed by atoms with Crippen LogP contribution in [0.2, 0.25) is 5.02 Å². The lowest BCUT2D eigenvalue weighted by Gasteiger charge is -2.14. The summed E-state index contributed by atoms with van der Waals surface area (Å²) in [5, 5.41) is 3.49. The summed E-state index contributed by atoms with van der Waals surface area (Å²) < 4.78 is 0.595. The van der Waals surface area contributed by atoms with Crippen LogP contribution in [-0.2, 0) is 9.59 Å². The number of hydrogen-bond acceptors (Lipinski definition) is 4. The molecule has 0 spiro atoms. The largest absolute Gasteiger partial charge is 0.326 e. The SMILES string of the molecule is O=C(CCCCCN1C(=O)C(=Cc2ccccc2)SC1=S)Nc1ccc(Cl)cc1. The van der Waals surface area contributed by atoms with Gasteiger partial charge in [-0.1, -0.05) is 72.3 Å². The number of unbranched alkanes of at least 4 members (excludes halogenated alkanes) is 2. The minimum Gasteiger partial charge on any atom is -0.326 e. The van der Waals surface area contributed by atoms with E-state index in [1.807, 2.05) is 36.4 Å². The highest BCUT2D eigenvalue weighted by molar-refractivity contribution is 8.26. The minimum atomic E-state index is -0.0377. The molecule has 1 aliphatic rings. The maximum absolute atomic E-state index is 12.6. The first-order chi connectivity index (χ1) is 14.0. The van der Waals surface area contributed by atoms with Gasteiger partial charge < -0.3 is 5.32 Å². The van der Waals surface area contributed by atoms with E-state index in [-0.39, 0.29) is 11.8 Å². The van der Waals surface area contributed by atoms with Crippen LogP contribution in [0.3, 0.4) is 0 Å². The van der Waals surface area contributed by atoms with E-state index in [0.717, 1.165) is 30.5 Å². The quantitative estimate of drug-likeness (QED) is 0.320. The van der Waals surface area contributed by atoms with Crippen LogP contribution in [0.5, 0.6) is 0 Å². The Morgan fingerprint density at radius 2 is 1.79 bits per heavy atom. The van der Waals surface area contributed by atoms with Gasteiger partial charge in [0, 0.05) is 23.7 Å². The van der Waals surface area contributed by atoms with Crippen molar-refractivity contribution in [1.29, 1.82) is 0 Å². The summed E-state index contributed by atoms with van der Waals surface area (Å²) in [5.41, 5.74) is 1.72. The van der Waals surface area contributed by atoms with E-state index in [1.165, 1.54) is 11.8 Å². The van der Waals surface area contributed by atoms with E-state index in [9.17, 15) is 9.59 Å². The number of anilines is 1. The zero-order valence-corrected chi connectivity index (χ0v) is 18.2. The summed E-state index contributed by atoms with van der Waals surface area (Å²) in [7, 11) is 0. The van der Waals surface area contributed by atoms with Crippen LogP contribution in [0.1, 0.15) is 31.2 Å². The molecule has 0 aliphatic carbocycles. The van der Waals surface area contributed by atoms with Crippen LogP contribution >= 0.6 is 35.6 Å². The molecule has 1 saturated heterocycles. The standard InChI is InChI=1S/C22H21ClN2O2S2/c23-17-10-12-18(13-11-17)24-20(26)9-5-2-6-14-25-21(27)19(29-22(25)28)15-16-7-3-1-4-8-16/h1,3-4,7-8,10-13,15H,2,5-6,9,14H2,(H,24,26).